The van der Waals surface area contributed by atoms with E-state index in [4.69, 9.17) is 4.74 Å². The van der Waals surface area contributed by atoms with E-state index in [0.29, 0.717) is 37.9 Å². The molecule has 4 rings (SSSR count). The number of sulfonamides is 1. The lowest BCUT2D eigenvalue weighted by atomic mass is 10.0. The molecule has 2 heterocycles. The number of benzene rings is 1. The summed E-state index contributed by atoms with van der Waals surface area (Å²) in [5, 5.41) is 0. The lowest BCUT2D eigenvalue weighted by Gasteiger charge is -2.39. The molecule has 1 aromatic carbocycles. The van der Waals surface area contributed by atoms with E-state index >= 15 is 0 Å². The van der Waals surface area contributed by atoms with Crippen molar-refractivity contribution in [2.75, 3.05) is 25.1 Å². The van der Waals surface area contributed by atoms with Crippen LogP contribution in [0.1, 0.15) is 25.7 Å². The highest BCUT2D eigenvalue weighted by molar-refractivity contribution is 7.89. The molecule has 1 aromatic heterocycles. The standard InChI is InChI=1S/C19H23FN4O3S/c1-27-19-12-18(21-13-22-19)24(15-4-5-15)16-8-10-23(11-9-16)28(25,26)17-6-2-14(20)3-7-17/h2-3,6-7,12-13,15-16H,4-5,8-11H2,1H3. The molecule has 0 unspecified atom stereocenters. The third-order valence-corrected chi connectivity index (χ3v) is 7.22. The smallest absolute Gasteiger partial charge is 0.243 e. The van der Waals surface area contributed by atoms with Gasteiger partial charge in [-0.2, -0.15) is 4.31 Å². The molecule has 1 aliphatic carbocycles. The van der Waals surface area contributed by atoms with E-state index in [1.807, 2.05) is 6.07 Å². The molecule has 9 heteroatoms. The molecule has 0 N–H and O–H groups in total. The second-order valence-corrected chi connectivity index (χ2v) is 9.08. The van der Waals surface area contributed by atoms with Crippen LogP contribution in [0.2, 0.25) is 0 Å². The third-order valence-electron chi connectivity index (χ3n) is 5.31. The topological polar surface area (TPSA) is 75.6 Å². The van der Waals surface area contributed by atoms with Crippen molar-refractivity contribution in [1.29, 1.82) is 0 Å². The van der Waals surface area contributed by atoms with Crippen LogP contribution in [-0.2, 0) is 10.0 Å². The Hall–Kier alpha value is -2.26. The van der Waals surface area contributed by atoms with Crippen LogP contribution in [0.3, 0.4) is 0 Å². The van der Waals surface area contributed by atoms with Crippen LogP contribution in [0.25, 0.3) is 0 Å². The monoisotopic (exact) mass is 406 g/mol. The van der Waals surface area contributed by atoms with Gasteiger partial charge >= 0.3 is 0 Å². The van der Waals surface area contributed by atoms with Crippen molar-refractivity contribution in [3.05, 3.63) is 42.5 Å². The first-order chi connectivity index (χ1) is 13.5. The number of ether oxygens (including phenoxy) is 1. The van der Waals surface area contributed by atoms with Gasteiger partial charge in [-0.15, -0.1) is 0 Å². The van der Waals surface area contributed by atoms with E-state index in [9.17, 15) is 12.8 Å². The number of piperidine rings is 1. The molecule has 0 spiro atoms. The highest BCUT2D eigenvalue weighted by atomic mass is 32.2. The number of anilines is 1. The number of nitrogens with zero attached hydrogens (tertiary/aromatic N) is 4. The van der Waals surface area contributed by atoms with Gasteiger partial charge in [0.25, 0.3) is 0 Å². The van der Waals surface area contributed by atoms with Crippen LogP contribution < -0.4 is 9.64 Å². The Morgan fingerprint density at radius 3 is 2.32 bits per heavy atom. The van der Waals surface area contributed by atoms with E-state index in [1.54, 1.807) is 7.11 Å². The summed E-state index contributed by atoms with van der Waals surface area (Å²) in [5.74, 6) is 0.902. The summed E-state index contributed by atoms with van der Waals surface area (Å²) in [5.41, 5.74) is 0. The lowest BCUT2D eigenvalue weighted by Crippen LogP contribution is -2.48. The van der Waals surface area contributed by atoms with E-state index in [2.05, 4.69) is 14.9 Å². The molecule has 0 radical (unpaired) electrons. The molecule has 2 aliphatic rings. The highest BCUT2D eigenvalue weighted by Crippen LogP contribution is 2.36. The van der Waals surface area contributed by atoms with Gasteiger partial charge < -0.3 is 9.64 Å². The number of aromatic nitrogens is 2. The third kappa shape index (κ3) is 3.81. The average Bonchev–Trinajstić information content (AvgIpc) is 3.54. The summed E-state index contributed by atoms with van der Waals surface area (Å²) in [6, 6.07) is 7.48. The Balaban J connectivity index is 1.48. The summed E-state index contributed by atoms with van der Waals surface area (Å²) >= 11 is 0. The van der Waals surface area contributed by atoms with Crippen molar-refractivity contribution in [1.82, 2.24) is 14.3 Å². The molecule has 7 nitrogen and oxygen atoms in total. The molecule has 0 bridgehead atoms. The van der Waals surface area contributed by atoms with Crippen molar-refractivity contribution < 1.29 is 17.5 Å². The number of hydrogen-bond donors (Lipinski definition) is 0. The minimum Gasteiger partial charge on any atom is -0.481 e. The van der Waals surface area contributed by atoms with Crippen molar-refractivity contribution >= 4 is 15.8 Å². The van der Waals surface area contributed by atoms with Crippen molar-refractivity contribution in [2.45, 2.75) is 42.7 Å². The van der Waals surface area contributed by atoms with Crippen LogP contribution in [-0.4, -0.2) is 55.0 Å². The molecule has 0 atom stereocenters. The van der Waals surface area contributed by atoms with Crippen LogP contribution in [0.15, 0.2) is 41.6 Å². The van der Waals surface area contributed by atoms with Gasteiger partial charge in [0.2, 0.25) is 15.9 Å². The van der Waals surface area contributed by atoms with Gasteiger partial charge in [-0.3, -0.25) is 0 Å². The predicted octanol–water partition coefficient (Wildman–Crippen LogP) is 2.45. The molecule has 1 aliphatic heterocycles. The quantitative estimate of drug-likeness (QED) is 0.734. The van der Waals surface area contributed by atoms with Crippen LogP contribution in [0.5, 0.6) is 5.88 Å². The second kappa shape index (κ2) is 7.63. The Morgan fingerprint density at radius 2 is 1.71 bits per heavy atom. The maximum absolute atomic E-state index is 13.1. The minimum atomic E-state index is -3.61. The lowest BCUT2D eigenvalue weighted by molar-refractivity contribution is 0.308. The molecule has 150 valence electrons. The summed E-state index contributed by atoms with van der Waals surface area (Å²) in [7, 11) is -2.03. The number of methoxy groups -OCH3 is 1. The van der Waals surface area contributed by atoms with Crippen molar-refractivity contribution in [2.24, 2.45) is 0 Å². The Kier molecular flexibility index (Phi) is 5.20. The molecule has 0 amide bonds. The van der Waals surface area contributed by atoms with Gasteiger partial charge in [0.05, 0.1) is 12.0 Å². The maximum Gasteiger partial charge on any atom is 0.243 e. The first-order valence-electron chi connectivity index (χ1n) is 9.39. The summed E-state index contributed by atoms with van der Waals surface area (Å²) in [6.45, 7) is 0.853. The highest BCUT2D eigenvalue weighted by Gasteiger charge is 2.38. The van der Waals surface area contributed by atoms with Gasteiger partial charge in [0, 0.05) is 31.2 Å². The maximum atomic E-state index is 13.1. The zero-order valence-corrected chi connectivity index (χ0v) is 16.5. The summed E-state index contributed by atoms with van der Waals surface area (Å²) in [4.78, 5) is 10.9. The second-order valence-electron chi connectivity index (χ2n) is 7.15. The minimum absolute atomic E-state index is 0.131. The zero-order chi connectivity index (χ0) is 19.7. The normalized spacial score (nSPS) is 18.8. The van der Waals surface area contributed by atoms with Gasteiger partial charge in [0.15, 0.2) is 0 Å². The molecule has 2 fully saturated rings. The van der Waals surface area contributed by atoms with Crippen LogP contribution >= 0.6 is 0 Å². The van der Waals surface area contributed by atoms with E-state index in [-0.39, 0.29) is 10.9 Å². The van der Waals surface area contributed by atoms with Crippen molar-refractivity contribution in [3.63, 3.8) is 0 Å². The number of halogens is 1. The Morgan fingerprint density at radius 1 is 1.07 bits per heavy atom. The largest absolute Gasteiger partial charge is 0.481 e. The first kappa shape index (κ1) is 19.1. The Bertz CT molecular complexity index is 926. The van der Waals surface area contributed by atoms with Gasteiger partial charge in [-0.05, 0) is 49.9 Å². The zero-order valence-electron chi connectivity index (χ0n) is 15.7. The van der Waals surface area contributed by atoms with Crippen LogP contribution in [0.4, 0.5) is 10.2 Å². The van der Waals surface area contributed by atoms with Gasteiger partial charge in [-0.25, -0.2) is 22.8 Å². The molecule has 1 saturated carbocycles. The predicted molar refractivity (Wildman–Crippen MR) is 102 cm³/mol. The number of rotatable bonds is 6. The summed E-state index contributed by atoms with van der Waals surface area (Å²) in [6.07, 6.45) is 5.14. The Labute approximate surface area is 164 Å². The van der Waals surface area contributed by atoms with E-state index < -0.39 is 15.8 Å². The SMILES string of the molecule is COc1cc(N(C2CC2)C2CCN(S(=O)(=O)c3ccc(F)cc3)CC2)ncn1. The first-order valence-corrected chi connectivity index (χ1v) is 10.8. The van der Waals surface area contributed by atoms with Gasteiger partial charge in [-0.1, -0.05) is 0 Å². The average molecular weight is 406 g/mol. The fourth-order valence-electron chi connectivity index (χ4n) is 3.72. The molecule has 1 saturated heterocycles. The van der Waals surface area contributed by atoms with E-state index in [1.165, 1.54) is 34.9 Å². The fourth-order valence-corrected chi connectivity index (χ4v) is 5.19. The molecule has 2 aromatic rings. The van der Waals surface area contributed by atoms with Gasteiger partial charge in [0.1, 0.15) is 18.0 Å². The van der Waals surface area contributed by atoms with E-state index in [0.717, 1.165) is 18.7 Å². The number of hydrogen-bond acceptors (Lipinski definition) is 6. The summed E-state index contributed by atoms with van der Waals surface area (Å²) < 4.78 is 45.5. The molecular formula is C19H23FN4O3S. The fraction of sp³-hybridized carbons (Fsp3) is 0.474. The molecular weight excluding hydrogens is 383 g/mol. The molecule has 28 heavy (non-hydrogen) atoms. The van der Waals surface area contributed by atoms with Crippen LogP contribution in [0, 0.1) is 5.82 Å². The van der Waals surface area contributed by atoms with Crippen molar-refractivity contribution in [3.8, 4) is 5.88 Å².